The third kappa shape index (κ3) is 7.10. The quantitative estimate of drug-likeness (QED) is 0.710. The van der Waals surface area contributed by atoms with Crippen molar-refractivity contribution in [3.63, 3.8) is 0 Å². The lowest BCUT2D eigenvalue weighted by Crippen LogP contribution is -2.44. The first-order valence-corrected chi connectivity index (χ1v) is 8.07. The van der Waals surface area contributed by atoms with Gasteiger partial charge in [0.05, 0.1) is 0 Å². The summed E-state index contributed by atoms with van der Waals surface area (Å²) in [6, 6.07) is 0.526. The van der Waals surface area contributed by atoms with Crippen molar-refractivity contribution in [2.45, 2.75) is 45.6 Å². The summed E-state index contributed by atoms with van der Waals surface area (Å²) in [5.74, 6) is 0. The van der Waals surface area contributed by atoms with Crippen molar-refractivity contribution in [3.8, 4) is 0 Å². The predicted molar refractivity (Wildman–Crippen MR) is 84.1 cm³/mol. The largest absolute Gasteiger partial charge is 0.337 e. The molecule has 0 spiro atoms. The van der Waals surface area contributed by atoms with Crippen LogP contribution in [0.1, 0.15) is 39.5 Å². The fourth-order valence-corrected chi connectivity index (χ4v) is 2.45. The molecule has 1 fully saturated rings. The van der Waals surface area contributed by atoms with Gasteiger partial charge in [-0.05, 0) is 46.3 Å². The number of likely N-dealkylation sites (N-methyl/N-ethyl adjacent to an activating group) is 1. The molecule has 5 nitrogen and oxygen atoms in total. The normalized spacial score (nSPS) is 18.0. The summed E-state index contributed by atoms with van der Waals surface area (Å²) in [7, 11) is 2.10. The van der Waals surface area contributed by atoms with E-state index in [1.54, 1.807) is 0 Å². The minimum Gasteiger partial charge on any atom is -0.337 e. The van der Waals surface area contributed by atoms with Crippen LogP contribution in [0.5, 0.6) is 0 Å². The van der Waals surface area contributed by atoms with Crippen LogP contribution >= 0.6 is 0 Å². The van der Waals surface area contributed by atoms with Gasteiger partial charge in [-0.2, -0.15) is 0 Å². The fraction of sp³-hybridized carbons (Fsp3) is 0.933. The smallest absolute Gasteiger partial charge is 0.314 e. The van der Waals surface area contributed by atoms with Gasteiger partial charge in [-0.25, -0.2) is 4.79 Å². The van der Waals surface area contributed by atoms with Gasteiger partial charge in [-0.3, -0.25) is 0 Å². The summed E-state index contributed by atoms with van der Waals surface area (Å²) in [5, 5.41) is 5.86. The molecule has 0 aliphatic carbocycles. The number of rotatable bonds is 8. The van der Waals surface area contributed by atoms with E-state index < -0.39 is 0 Å². The minimum atomic E-state index is -0.0421. The van der Waals surface area contributed by atoms with Crippen LogP contribution < -0.4 is 10.6 Å². The van der Waals surface area contributed by atoms with E-state index in [2.05, 4.69) is 41.3 Å². The number of likely N-dealkylation sites (tertiary alicyclic amines) is 1. The zero-order valence-corrected chi connectivity index (χ0v) is 13.5. The Morgan fingerprint density at radius 1 is 1.20 bits per heavy atom. The lowest BCUT2D eigenvalue weighted by molar-refractivity contribution is 0.217. The molecule has 0 bridgehead atoms. The molecule has 1 aliphatic rings. The van der Waals surface area contributed by atoms with Gasteiger partial charge in [0, 0.05) is 32.2 Å². The van der Waals surface area contributed by atoms with Gasteiger partial charge in [0.1, 0.15) is 0 Å². The number of carbonyl (C=O) groups is 1. The molecule has 1 heterocycles. The second kappa shape index (κ2) is 10.00. The topological polar surface area (TPSA) is 47.6 Å². The Morgan fingerprint density at radius 3 is 2.50 bits per heavy atom. The number of carbonyl (C=O) groups excluding carboxylic acids is 1. The van der Waals surface area contributed by atoms with Crippen molar-refractivity contribution in [3.05, 3.63) is 0 Å². The number of amides is 2. The van der Waals surface area contributed by atoms with Crippen LogP contribution in [0.2, 0.25) is 0 Å². The van der Waals surface area contributed by atoms with Crippen molar-refractivity contribution in [2.24, 2.45) is 0 Å². The molecule has 0 aromatic heterocycles. The second-order valence-corrected chi connectivity index (χ2v) is 5.82. The highest BCUT2D eigenvalue weighted by atomic mass is 16.2. The van der Waals surface area contributed by atoms with Crippen LogP contribution in [0.4, 0.5) is 4.79 Å². The van der Waals surface area contributed by atoms with Crippen LogP contribution in [0.3, 0.4) is 0 Å². The predicted octanol–water partition coefficient (Wildman–Crippen LogP) is 1.50. The highest BCUT2D eigenvalue weighted by Gasteiger charge is 2.10. The van der Waals surface area contributed by atoms with E-state index >= 15 is 0 Å². The Balaban J connectivity index is 1.99. The Morgan fingerprint density at radius 2 is 1.85 bits per heavy atom. The zero-order valence-electron chi connectivity index (χ0n) is 13.5. The molecule has 0 radical (unpaired) electrons. The third-order valence-electron chi connectivity index (χ3n) is 4.26. The maximum absolute atomic E-state index is 11.6. The van der Waals surface area contributed by atoms with Crippen LogP contribution in [-0.4, -0.2) is 68.2 Å². The first-order valence-electron chi connectivity index (χ1n) is 8.07. The highest BCUT2D eigenvalue weighted by Crippen LogP contribution is 2.07. The molecule has 5 heteroatoms. The number of hydrogen-bond donors (Lipinski definition) is 2. The molecular weight excluding hydrogens is 252 g/mol. The second-order valence-electron chi connectivity index (χ2n) is 5.82. The molecule has 0 aromatic rings. The SMILES string of the molecule is CCC(C)N(C)CCNC(=O)NCCN1CCCCC1. The average Bonchev–Trinajstić information content (AvgIpc) is 2.47. The Kier molecular flexibility index (Phi) is 8.62. The van der Waals surface area contributed by atoms with Gasteiger partial charge in [0.25, 0.3) is 0 Å². The molecule has 20 heavy (non-hydrogen) atoms. The molecule has 0 saturated carbocycles. The zero-order chi connectivity index (χ0) is 14.8. The van der Waals surface area contributed by atoms with Crippen LogP contribution in [0.15, 0.2) is 0 Å². The molecule has 1 aliphatic heterocycles. The van der Waals surface area contributed by atoms with E-state index in [9.17, 15) is 4.79 Å². The summed E-state index contributed by atoms with van der Waals surface area (Å²) in [4.78, 5) is 16.3. The monoisotopic (exact) mass is 284 g/mol. The summed E-state index contributed by atoms with van der Waals surface area (Å²) >= 11 is 0. The molecule has 1 atom stereocenters. The summed E-state index contributed by atoms with van der Waals surface area (Å²) in [5.41, 5.74) is 0. The van der Waals surface area contributed by atoms with Gasteiger partial charge < -0.3 is 20.4 Å². The molecule has 2 amide bonds. The van der Waals surface area contributed by atoms with E-state index in [1.165, 1.54) is 32.4 Å². The number of nitrogens with zero attached hydrogens (tertiary/aromatic N) is 2. The molecule has 0 aromatic carbocycles. The van der Waals surface area contributed by atoms with Crippen LogP contribution in [-0.2, 0) is 0 Å². The van der Waals surface area contributed by atoms with Crippen LogP contribution in [0, 0.1) is 0 Å². The van der Waals surface area contributed by atoms with Crippen LogP contribution in [0.25, 0.3) is 0 Å². The number of piperidine rings is 1. The first kappa shape index (κ1) is 17.2. The third-order valence-corrected chi connectivity index (χ3v) is 4.26. The molecule has 1 rings (SSSR count). The Bertz CT molecular complexity index is 257. The van der Waals surface area contributed by atoms with E-state index in [-0.39, 0.29) is 6.03 Å². The Hall–Kier alpha value is -0.810. The van der Waals surface area contributed by atoms with Crippen molar-refractivity contribution in [1.82, 2.24) is 20.4 Å². The molecule has 1 unspecified atom stereocenters. The Labute approximate surface area is 124 Å². The average molecular weight is 284 g/mol. The molecule has 1 saturated heterocycles. The maximum Gasteiger partial charge on any atom is 0.314 e. The lowest BCUT2D eigenvalue weighted by Gasteiger charge is -2.26. The summed E-state index contributed by atoms with van der Waals surface area (Å²) in [6.07, 6.45) is 5.09. The standard InChI is InChI=1S/C15H32N4O/c1-4-14(2)18(3)12-8-16-15(20)17-9-13-19-10-6-5-7-11-19/h14H,4-13H2,1-3H3,(H2,16,17,20). The number of hydrogen-bond acceptors (Lipinski definition) is 3. The van der Waals surface area contributed by atoms with Gasteiger partial charge in [0.15, 0.2) is 0 Å². The minimum absolute atomic E-state index is 0.0421. The highest BCUT2D eigenvalue weighted by molar-refractivity contribution is 5.73. The van der Waals surface area contributed by atoms with E-state index in [0.717, 1.165) is 26.1 Å². The summed E-state index contributed by atoms with van der Waals surface area (Å²) in [6.45, 7) is 10.1. The van der Waals surface area contributed by atoms with Gasteiger partial charge in [-0.1, -0.05) is 13.3 Å². The first-order chi connectivity index (χ1) is 9.63. The fourth-order valence-electron chi connectivity index (χ4n) is 2.45. The number of nitrogens with one attached hydrogen (secondary N) is 2. The molecule has 118 valence electrons. The van der Waals surface area contributed by atoms with Crippen molar-refractivity contribution in [1.29, 1.82) is 0 Å². The van der Waals surface area contributed by atoms with Crippen molar-refractivity contribution < 1.29 is 4.79 Å². The molecule has 2 N–H and O–H groups in total. The van der Waals surface area contributed by atoms with Gasteiger partial charge >= 0.3 is 6.03 Å². The van der Waals surface area contributed by atoms with Gasteiger partial charge in [0.2, 0.25) is 0 Å². The van der Waals surface area contributed by atoms with E-state index in [1.807, 2.05) is 0 Å². The maximum atomic E-state index is 11.6. The number of urea groups is 1. The van der Waals surface area contributed by atoms with E-state index in [0.29, 0.717) is 12.6 Å². The molecular formula is C15H32N4O. The lowest BCUT2D eigenvalue weighted by atomic mass is 10.1. The summed E-state index contributed by atoms with van der Waals surface area (Å²) < 4.78 is 0. The van der Waals surface area contributed by atoms with Crippen molar-refractivity contribution in [2.75, 3.05) is 46.3 Å². The van der Waals surface area contributed by atoms with E-state index in [4.69, 9.17) is 0 Å². The van der Waals surface area contributed by atoms with Gasteiger partial charge in [-0.15, -0.1) is 0 Å². The van der Waals surface area contributed by atoms with Crippen molar-refractivity contribution >= 4 is 6.03 Å².